The van der Waals surface area contributed by atoms with Gasteiger partial charge in [-0.3, -0.25) is 9.88 Å². The fraction of sp³-hybridized carbons (Fsp3) is 0.542. The van der Waals surface area contributed by atoms with Gasteiger partial charge in [0.2, 0.25) is 0 Å². The van der Waals surface area contributed by atoms with Crippen molar-refractivity contribution < 1.29 is 14.6 Å². The molecule has 1 aliphatic heterocycles. The predicted octanol–water partition coefficient (Wildman–Crippen LogP) is 2.81. The van der Waals surface area contributed by atoms with Crippen LogP contribution in [0.2, 0.25) is 0 Å². The number of benzene rings is 1. The fourth-order valence-electron chi connectivity index (χ4n) is 4.02. The number of rotatable bonds is 12. The second kappa shape index (κ2) is 12.6. The van der Waals surface area contributed by atoms with Crippen molar-refractivity contribution in [2.75, 3.05) is 53.1 Å². The van der Waals surface area contributed by atoms with E-state index in [1.54, 1.807) is 7.11 Å². The quantitative estimate of drug-likeness (QED) is 0.577. The molecule has 1 aromatic heterocycles. The van der Waals surface area contributed by atoms with Crippen LogP contribution in [0.1, 0.15) is 24.0 Å². The molecule has 1 N–H and O–H groups in total. The molecule has 3 rings (SSSR count). The van der Waals surface area contributed by atoms with Gasteiger partial charge in [-0.15, -0.1) is 0 Å². The number of piperidine rings is 1. The fourth-order valence-corrected chi connectivity index (χ4v) is 4.02. The largest absolute Gasteiger partial charge is 0.491 e. The lowest BCUT2D eigenvalue weighted by atomic mass is 9.95. The number of likely N-dealkylation sites (tertiary alicyclic amines) is 1. The molecule has 1 aliphatic rings. The summed E-state index contributed by atoms with van der Waals surface area (Å²) < 4.78 is 10.7. The Morgan fingerprint density at radius 3 is 2.30 bits per heavy atom. The van der Waals surface area contributed by atoms with Gasteiger partial charge in [-0.05, 0) is 67.2 Å². The Bertz CT molecular complexity index is 703. The summed E-state index contributed by atoms with van der Waals surface area (Å²) in [6.45, 7) is 7.47. The lowest BCUT2D eigenvalue weighted by Crippen LogP contribution is -2.39. The van der Waals surface area contributed by atoms with E-state index >= 15 is 0 Å². The molecule has 0 radical (unpaired) electrons. The molecule has 1 aromatic carbocycles. The highest BCUT2D eigenvalue weighted by Crippen LogP contribution is 2.21. The van der Waals surface area contributed by atoms with Gasteiger partial charge in [0, 0.05) is 45.7 Å². The van der Waals surface area contributed by atoms with E-state index in [9.17, 15) is 0 Å². The summed E-state index contributed by atoms with van der Waals surface area (Å²) >= 11 is 0. The monoisotopic (exact) mass is 413 g/mol. The Hall–Kier alpha value is -1.99. The minimum absolute atomic E-state index is 0.0335. The summed E-state index contributed by atoms with van der Waals surface area (Å²) in [7, 11) is 1.77. The third-order valence-electron chi connectivity index (χ3n) is 5.68. The van der Waals surface area contributed by atoms with Gasteiger partial charge < -0.3 is 19.5 Å². The van der Waals surface area contributed by atoms with Gasteiger partial charge in [0.1, 0.15) is 12.4 Å². The van der Waals surface area contributed by atoms with Crippen LogP contribution in [0.5, 0.6) is 5.75 Å². The molecule has 6 heteroatoms. The van der Waals surface area contributed by atoms with Crippen LogP contribution in [0.3, 0.4) is 0 Å². The van der Waals surface area contributed by atoms with E-state index in [1.807, 2.05) is 24.5 Å². The number of nitrogens with zero attached hydrogens (tertiary/aromatic N) is 3. The molecule has 1 saturated heterocycles. The van der Waals surface area contributed by atoms with E-state index in [-0.39, 0.29) is 6.61 Å². The highest BCUT2D eigenvalue weighted by atomic mass is 16.5. The molecule has 0 amide bonds. The molecule has 0 atom stereocenters. The summed E-state index contributed by atoms with van der Waals surface area (Å²) in [4.78, 5) is 9.22. The van der Waals surface area contributed by atoms with Crippen LogP contribution in [0.15, 0.2) is 48.8 Å². The predicted molar refractivity (Wildman–Crippen MR) is 118 cm³/mol. The molecule has 1 fully saturated rings. The van der Waals surface area contributed by atoms with Gasteiger partial charge in [-0.1, -0.05) is 12.1 Å². The van der Waals surface area contributed by atoms with Crippen LogP contribution in [-0.2, 0) is 17.8 Å². The topological polar surface area (TPSA) is 58.1 Å². The Labute approximate surface area is 180 Å². The number of aliphatic hydroxyl groups excluding tert-OH is 1. The number of pyridine rings is 1. The first-order valence-corrected chi connectivity index (χ1v) is 10.9. The van der Waals surface area contributed by atoms with Crippen molar-refractivity contribution in [3.8, 4) is 5.75 Å². The molecule has 6 nitrogen and oxygen atoms in total. The molecular weight excluding hydrogens is 378 g/mol. The summed E-state index contributed by atoms with van der Waals surface area (Å²) in [6.07, 6.45) is 6.22. The van der Waals surface area contributed by atoms with Crippen molar-refractivity contribution in [3.63, 3.8) is 0 Å². The van der Waals surface area contributed by atoms with Gasteiger partial charge >= 0.3 is 0 Å². The molecule has 164 valence electrons. The van der Waals surface area contributed by atoms with Gasteiger partial charge in [0.15, 0.2) is 0 Å². The van der Waals surface area contributed by atoms with Crippen molar-refractivity contribution in [2.45, 2.75) is 25.9 Å². The number of hydrogen-bond donors (Lipinski definition) is 1. The van der Waals surface area contributed by atoms with Crippen LogP contribution in [0.25, 0.3) is 0 Å². The first-order chi connectivity index (χ1) is 14.8. The molecule has 0 unspecified atom stereocenters. The minimum atomic E-state index is 0.0335. The molecular formula is C24H35N3O3. The number of methoxy groups -OCH3 is 1. The number of aliphatic hydroxyl groups is 1. The van der Waals surface area contributed by atoms with E-state index in [0.29, 0.717) is 6.61 Å². The molecule has 0 spiro atoms. The Morgan fingerprint density at radius 1 is 1.00 bits per heavy atom. The van der Waals surface area contributed by atoms with E-state index in [1.165, 1.54) is 24.0 Å². The van der Waals surface area contributed by atoms with E-state index < -0.39 is 0 Å². The summed E-state index contributed by atoms with van der Waals surface area (Å²) in [5.74, 6) is 1.52. The first-order valence-electron chi connectivity index (χ1n) is 10.9. The molecule has 0 saturated carbocycles. The van der Waals surface area contributed by atoms with Crippen molar-refractivity contribution in [1.82, 2.24) is 14.8 Å². The number of hydrogen-bond acceptors (Lipinski definition) is 6. The molecule has 2 heterocycles. The Balaban J connectivity index is 1.58. The Morgan fingerprint density at radius 2 is 1.67 bits per heavy atom. The van der Waals surface area contributed by atoms with E-state index in [0.717, 1.165) is 57.5 Å². The average Bonchev–Trinajstić information content (AvgIpc) is 2.79. The standard InChI is InChI=1S/C24H35N3O3/c1-29-16-14-26-12-8-23(9-13-26)20-27(19-22-6-10-25-11-7-22)18-21-2-4-24(5-3-21)30-17-15-28/h2-7,10-11,23,28H,8-9,12-20H2,1H3. The van der Waals surface area contributed by atoms with Crippen LogP contribution in [0.4, 0.5) is 0 Å². The third-order valence-corrected chi connectivity index (χ3v) is 5.68. The molecule has 30 heavy (non-hydrogen) atoms. The van der Waals surface area contributed by atoms with Crippen molar-refractivity contribution in [1.29, 1.82) is 0 Å². The maximum absolute atomic E-state index is 8.91. The SMILES string of the molecule is COCCN1CCC(CN(Cc2ccncc2)Cc2ccc(OCCO)cc2)CC1. The van der Waals surface area contributed by atoms with Crippen LogP contribution >= 0.6 is 0 Å². The van der Waals surface area contributed by atoms with Crippen molar-refractivity contribution in [2.24, 2.45) is 5.92 Å². The zero-order valence-electron chi connectivity index (χ0n) is 18.1. The van der Waals surface area contributed by atoms with Gasteiger partial charge in [-0.2, -0.15) is 0 Å². The zero-order chi connectivity index (χ0) is 21.0. The number of aromatic nitrogens is 1. The highest BCUT2D eigenvalue weighted by molar-refractivity contribution is 5.27. The Kier molecular flexibility index (Phi) is 9.57. The van der Waals surface area contributed by atoms with Gasteiger partial charge in [-0.25, -0.2) is 0 Å². The lowest BCUT2D eigenvalue weighted by molar-refractivity contribution is 0.104. The van der Waals surface area contributed by atoms with Crippen molar-refractivity contribution >= 4 is 0 Å². The second-order valence-corrected chi connectivity index (χ2v) is 8.02. The smallest absolute Gasteiger partial charge is 0.119 e. The van der Waals surface area contributed by atoms with E-state index in [4.69, 9.17) is 14.6 Å². The summed E-state index contributed by atoms with van der Waals surface area (Å²) in [6, 6.07) is 12.4. The summed E-state index contributed by atoms with van der Waals surface area (Å²) in [5, 5.41) is 8.91. The lowest BCUT2D eigenvalue weighted by Gasteiger charge is -2.35. The third kappa shape index (κ3) is 7.69. The van der Waals surface area contributed by atoms with E-state index in [2.05, 4.69) is 39.0 Å². The number of ether oxygens (including phenoxy) is 2. The first kappa shape index (κ1) is 22.7. The van der Waals surface area contributed by atoms with Gasteiger partial charge in [0.05, 0.1) is 13.2 Å². The molecule has 2 aromatic rings. The van der Waals surface area contributed by atoms with Crippen LogP contribution in [0, 0.1) is 5.92 Å². The summed E-state index contributed by atoms with van der Waals surface area (Å²) in [5.41, 5.74) is 2.57. The van der Waals surface area contributed by atoms with Crippen LogP contribution in [-0.4, -0.2) is 73.0 Å². The minimum Gasteiger partial charge on any atom is -0.491 e. The molecule has 0 aliphatic carbocycles. The normalized spacial score (nSPS) is 15.6. The second-order valence-electron chi connectivity index (χ2n) is 8.02. The zero-order valence-corrected chi connectivity index (χ0v) is 18.1. The van der Waals surface area contributed by atoms with Gasteiger partial charge in [0.25, 0.3) is 0 Å². The highest BCUT2D eigenvalue weighted by Gasteiger charge is 2.21. The maximum atomic E-state index is 8.91. The average molecular weight is 414 g/mol. The van der Waals surface area contributed by atoms with Crippen LogP contribution < -0.4 is 4.74 Å². The molecule has 0 bridgehead atoms. The van der Waals surface area contributed by atoms with Crippen molar-refractivity contribution in [3.05, 3.63) is 59.9 Å². The maximum Gasteiger partial charge on any atom is 0.119 e.